The maximum absolute atomic E-state index is 11.9. The second-order valence-corrected chi connectivity index (χ2v) is 4.85. The van der Waals surface area contributed by atoms with E-state index in [4.69, 9.17) is 10.8 Å². The molecule has 4 N–H and O–H groups in total. The number of rotatable bonds is 4. The van der Waals surface area contributed by atoms with Crippen LogP contribution in [0.1, 0.15) is 22.5 Å². The third-order valence-electron chi connectivity index (χ3n) is 3.39. The lowest BCUT2D eigenvalue weighted by Gasteiger charge is -2.17. The second-order valence-electron chi connectivity index (χ2n) is 4.85. The van der Waals surface area contributed by atoms with E-state index in [1.165, 1.54) is 12.3 Å². The molecule has 0 aliphatic carbocycles. The lowest BCUT2D eigenvalue weighted by atomic mass is 10.1. The van der Waals surface area contributed by atoms with Crippen LogP contribution in [0.3, 0.4) is 0 Å². The van der Waals surface area contributed by atoms with Gasteiger partial charge < -0.3 is 21.1 Å². The summed E-state index contributed by atoms with van der Waals surface area (Å²) in [7, 11) is 0. The van der Waals surface area contributed by atoms with Gasteiger partial charge in [-0.3, -0.25) is 0 Å². The summed E-state index contributed by atoms with van der Waals surface area (Å²) in [6.45, 7) is 2.35. The number of nitrogens with one attached hydrogen (secondary N) is 1. The Morgan fingerprint density at radius 3 is 2.85 bits per heavy atom. The molecule has 108 valence electrons. The van der Waals surface area contributed by atoms with E-state index >= 15 is 0 Å². The molecule has 1 saturated heterocycles. The number of pyridine rings is 1. The number of aromatic carboxylic acids is 1. The Kier molecular flexibility index (Phi) is 4.52. The zero-order valence-corrected chi connectivity index (χ0v) is 11.1. The summed E-state index contributed by atoms with van der Waals surface area (Å²) in [5.74, 6) is -0.678. The third kappa shape index (κ3) is 3.45. The van der Waals surface area contributed by atoms with Crippen LogP contribution in [0.5, 0.6) is 0 Å². The van der Waals surface area contributed by atoms with E-state index < -0.39 is 5.97 Å². The first-order valence-electron chi connectivity index (χ1n) is 6.51. The first kappa shape index (κ1) is 14.3. The molecule has 2 heterocycles. The highest BCUT2D eigenvalue weighted by molar-refractivity contribution is 5.85. The number of hydrogen-bond donors (Lipinski definition) is 3. The lowest BCUT2D eigenvalue weighted by Crippen LogP contribution is -2.38. The van der Waals surface area contributed by atoms with Crippen LogP contribution in [0.4, 0.5) is 4.79 Å². The van der Waals surface area contributed by atoms with Gasteiger partial charge in [-0.25, -0.2) is 14.6 Å². The summed E-state index contributed by atoms with van der Waals surface area (Å²) in [6.07, 6.45) is 2.40. The van der Waals surface area contributed by atoms with E-state index in [1.807, 2.05) is 0 Å². The molecule has 1 aromatic rings. The number of carbonyl (C=O) groups is 2. The number of nitrogens with two attached hydrogens (primary N) is 1. The molecule has 7 nitrogen and oxygen atoms in total. The minimum Gasteiger partial charge on any atom is -0.477 e. The molecular weight excluding hydrogens is 260 g/mol. The van der Waals surface area contributed by atoms with Crippen LogP contribution < -0.4 is 11.1 Å². The van der Waals surface area contributed by atoms with Crippen LogP contribution in [0.25, 0.3) is 0 Å². The molecule has 1 aromatic heterocycles. The van der Waals surface area contributed by atoms with Gasteiger partial charge in [-0.15, -0.1) is 0 Å². The Balaban J connectivity index is 1.83. The summed E-state index contributed by atoms with van der Waals surface area (Å²) in [5, 5.41) is 11.5. The lowest BCUT2D eigenvalue weighted by molar-refractivity contribution is 0.0690. The number of carboxylic acids is 1. The first-order valence-corrected chi connectivity index (χ1v) is 6.51. The molecule has 0 bridgehead atoms. The van der Waals surface area contributed by atoms with Crippen LogP contribution in [0, 0.1) is 5.92 Å². The minimum absolute atomic E-state index is 0.00888. The largest absolute Gasteiger partial charge is 0.477 e. The normalized spacial score (nSPS) is 18.1. The topological polar surface area (TPSA) is 109 Å². The van der Waals surface area contributed by atoms with Crippen molar-refractivity contribution in [3.05, 3.63) is 29.6 Å². The predicted octanol–water partition coefficient (Wildman–Crippen LogP) is 0.270. The van der Waals surface area contributed by atoms with Crippen LogP contribution in [-0.2, 0) is 6.54 Å². The molecule has 20 heavy (non-hydrogen) atoms. The van der Waals surface area contributed by atoms with E-state index in [0.29, 0.717) is 25.6 Å². The number of carbonyl (C=O) groups excluding carboxylic acids is 1. The van der Waals surface area contributed by atoms with Gasteiger partial charge in [-0.05, 0) is 30.5 Å². The van der Waals surface area contributed by atoms with E-state index in [1.54, 1.807) is 11.0 Å². The molecule has 1 aliphatic rings. The third-order valence-corrected chi connectivity index (χ3v) is 3.39. The average molecular weight is 278 g/mol. The van der Waals surface area contributed by atoms with Crippen molar-refractivity contribution < 1.29 is 14.7 Å². The quantitative estimate of drug-likeness (QED) is 0.732. The maximum atomic E-state index is 11.9. The molecule has 1 aliphatic heterocycles. The highest BCUT2D eigenvalue weighted by Gasteiger charge is 2.24. The van der Waals surface area contributed by atoms with Crippen LogP contribution in [0.15, 0.2) is 18.3 Å². The van der Waals surface area contributed by atoms with Crippen LogP contribution in [-0.4, -0.2) is 46.6 Å². The van der Waals surface area contributed by atoms with Gasteiger partial charge in [0.25, 0.3) is 0 Å². The summed E-state index contributed by atoms with van der Waals surface area (Å²) in [5.41, 5.74) is 6.34. The van der Waals surface area contributed by atoms with Crippen molar-refractivity contribution in [2.24, 2.45) is 11.7 Å². The fraction of sp³-hybridized carbons (Fsp3) is 0.462. The minimum atomic E-state index is -1.06. The van der Waals surface area contributed by atoms with Gasteiger partial charge in [-0.2, -0.15) is 0 Å². The number of hydrogen-bond acceptors (Lipinski definition) is 4. The summed E-state index contributed by atoms with van der Waals surface area (Å²) in [4.78, 5) is 28.1. The number of nitrogens with zero attached hydrogens (tertiary/aromatic N) is 2. The van der Waals surface area contributed by atoms with Crippen molar-refractivity contribution in [1.29, 1.82) is 0 Å². The Hall–Kier alpha value is -2.15. The van der Waals surface area contributed by atoms with Gasteiger partial charge in [0, 0.05) is 25.8 Å². The van der Waals surface area contributed by atoms with E-state index in [2.05, 4.69) is 10.3 Å². The van der Waals surface area contributed by atoms with Crippen LogP contribution >= 0.6 is 0 Å². The Morgan fingerprint density at radius 2 is 2.30 bits per heavy atom. The van der Waals surface area contributed by atoms with Crippen molar-refractivity contribution in [2.45, 2.75) is 13.0 Å². The van der Waals surface area contributed by atoms with Crippen molar-refractivity contribution in [3.8, 4) is 0 Å². The first-order chi connectivity index (χ1) is 9.60. The molecule has 2 rings (SSSR count). The van der Waals surface area contributed by atoms with Gasteiger partial charge >= 0.3 is 12.0 Å². The molecule has 1 atom stereocenters. The molecule has 0 radical (unpaired) electrons. The van der Waals surface area contributed by atoms with E-state index in [-0.39, 0.29) is 11.7 Å². The number of carboxylic acid groups (broad SMARTS) is 1. The molecule has 0 saturated carbocycles. The molecule has 1 unspecified atom stereocenters. The highest BCUT2D eigenvalue weighted by atomic mass is 16.4. The standard InChI is InChI=1S/C13H18N4O3/c14-5-9-3-4-17(8-9)13(20)16-7-10-1-2-11(12(18)19)15-6-10/h1-2,6,9H,3-5,7-8,14H2,(H,16,20)(H,18,19). The molecule has 1 fully saturated rings. The summed E-state index contributed by atoms with van der Waals surface area (Å²) < 4.78 is 0. The Morgan fingerprint density at radius 1 is 1.50 bits per heavy atom. The van der Waals surface area contributed by atoms with E-state index in [9.17, 15) is 9.59 Å². The fourth-order valence-corrected chi connectivity index (χ4v) is 2.15. The highest BCUT2D eigenvalue weighted by Crippen LogP contribution is 2.14. The average Bonchev–Trinajstić information content (AvgIpc) is 2.94. The smallest absolute Gasteiger partial charge is 0.354 e. The molecule has 0 aromatic carbocycles. The Labute approximate surface area is 116 Å². The van der Waals surface area contributed by atoms with E-state index in [0.717, 1.165) is 18.5 Å². The van der Waals surface area contributed by atoms with Gasteiger partial charge in [-0.1, -0.05) is 6.07 Å². The summed E-state index contributed by atoms with van der Waals surface area (Å²) in [6, 6.07) is 2.94. The molecule has 2 amide bonds. The van der Waals surface area contributed by atoms with Gasteiger partial charge in [0.2, 0.25) is 0 Å². The van der Waals surface area contributed by atoms with Crippen molar-refractivity contribution in [3.63, 3.8) is 0 Å². The molecular formula is C13H18N4O3. The van der Waals surface area contributed by atoms with Gasteiger partial charge in [0.15, 0.2) is 0 Å². The fourth-order valence-electron chi connectivity index (χ4n) is 2.15. The zero-order chi connectivity index (χ0) is 14.5. The van der Waals surface area contributed by atoms with Crippen molar-refractivity contribution in [2.75, 3.05) is 19.6 Å². The summed E-state index contributed by atoms with van der Waals surface area (Å²) >= 11 is 0. The molecule has 7 heteroatoms. The van der Waals surface area contributed by atoms with Crippen molar-refractivity contribution >= 4 is 12.0 Å². The number of urea groups is 1. The maximum Gasteiger partial charge on any atom is 0.354 e. The number of amides is 2. The Bertz CT molecular complexity index is 489. The zero-order valence-electron chi connectivity index (χ0n) is 11.1. The second kappa shape index (κ2) is 6.33. The van der Waals surface area contributed by atoms with Gasteiger partial charge in [0.1, 0.15) is 5.69 Å². The predicted molar refractivity (Wildman–Crippen MR) is 72.2 cm³/mol. The molecule has 0 spiro atoms. The number of likely N-dealkylation sites (tertiary alicyclic amines) is 1. The van der Waals surface area contributed by atoms with Crippen molar-refractivity contribution in [1.82, 2.24) is 15.2 Å². The van der Waals surface area contributed by atoms with Gasteiger partial charge in [0.05, 0.1) is 0 Å². The SMILES string of the molecule is NCC1CCN(C(=O)NCc2ccc(C(=O)O)nc2)C1. The monoisotopic (exact) mass is 278 g/mol. The number of aromatic nitrogens is 1. The van der Waals surface area contributed by atoms with Crippen LogP contribution in [0.2, 0.25) is 0 Å².